The van der Waals surface area contributed by atoms with Crippen LogP contribution in [-0.2, 0) is 0 Å². The molecule has 0 aliphatic carbocycles. The van der Waals surface area contributed by atoms with Crippen LogP contribution in [0.4, 0.5) is 4.39 Å². The Bertz CT molecular complexity index is 324. The van der Waals surface area contributed by atoms with Crippen LogP contribution in [0.25, 0.3) is 0 Å². The van der Waals surface area contributed by atoms with E-state index in [2.05, 4.69) is 13.8 Å². The summed E-state index contributed by atoms with van der Waals surface area (Å²) in [5.41, 5.74) is 0.694. The molecule has 2 atom stereocenters. The van der Waals surface area contributed by atoms with Gasteiger partial charge in [-0.1, -0.05) is 51.7 Å². The number of halogens is 1. The number of hydrogen-bond acceptors (Lipinski definition) is 1. The number of aliphatic hydroxyl groups excluding tert-OH is 1. The van der Waals surface area contributed by atoms with E-state index in [1.807, 2.05) is 0 Å². The maximum atomic E-state index is 13.0. The Morgan fingerprint density at radius 1 is 1.29 bits per heavy atom. The van der Waals surface area contributed by atoms with Crippen LogP contribution in [-0.4, -0.2) is 5.11 Å². The van der Waals surface area contributed by atoms with E-state index < -0.39 is 6.10 Å². The highest BCUT2D eigenvalue weighted by Gasteiger charge is 2.14. The summed E-state index contributed by atoms with van der Waals surface area (Å²) in [5, 5.41) is 10.1. The van der Waals surface area contributed by atoms with Crippen LogP contribution in [0.3, 0.4) is 0 Å². The normalized spacial score (nSPS) is 14.6. The first-order valence-electron chi connectivity index (χ1n) is 6.60. The van der Waals surface area contributed by atoms with Crippen LogP contribution in [0.15, 0.2) is 24.3 Å². The lowest BCUT2D eigenvalue weighted by atomic mass is 9.91. The molecule has 1 nitrogen and oxygen atoms in total. The Labute approximate surface area is 104 Å². The lowest BCUT2D eigenvalue weighted by Crippen LogP contribution is -2.07. The highest BCUT2D eigenvalue weighted by Crippen LogP contribution is 2.26. The highest BCUT2D eigenvalue weighted by atomic mass is 19.1. The Hall–Kier alpha value is -0.890. The SMILES string of the molecule is CCCCC(CC)CC(O)c1cccc(F)c1. The van der Waals surface area contributed by atoms with Gasteiger partial charge in [-0.25, -0.2) is 4.39 Å². The van der Waals surface area contributed by atoms with Crippen molar-refractivity contribution >= 4 is 0 Å². The van der Waals surface area contributed by atoms with Gasteiger partial charge in [-0.3, -0.25) is 0 Å². The molecule has 0 bridgehead atoms. The molecule has 1 aromatic rings. The summed E-state index contributed by atoms with van der Waals surface area (Å²) in [6.07, 6.45) is 4.82. The molecule has 2 unspecified atom stereocenters. The average molecular weight is 238 g/mol. The summed E-state index contributed by atoms with van der Waals surface area (Å²) in [5.74, 6) is 0.261. The van der Waals surface area contributed by atoms with Gasteiger partial charge in [0.1, 0.15) is 5.82 Å². The third-order valence-corrected chi connectivity index (χ3v) is 3.33. The maximum Gasteiger partial charge on any atom is 0.123 e. The van der Waals surface area contributed by atoms with E-state index in [1.54, 1.807) is 12.1 Å². The predicted molar refractivity (Wildman–Crippen MR) is 69.3 cm³/mol. The third-order valence-electron chi connectivity index (χ3n) is 3.33. The summed E-state index contributed by atoms with van der Waals surface area (Å²) in [6.45, 7) is 4.33. The lowest BCUT2D eigenvalue weighted by Gasteiger charge is -2.19. The maximum absolute atomic E-state index is 13.0. The van der Waals surface area contributed by atoms with Crippen LogP contribution in [0.2, 0.25) is 0 Å². The topological polar surface area (TPSA) is 20.2 Å². The van der Waals surface area contributed by atoms with Crippen molar-refractivity contribution in [2.45, 2.75) is 52.1 Å². The average Bonchev–Trinajstić information content (AvgIpc) is 2.34. The molecule has 17 heavy (non-hydrogen) atoms. The molecule has 0 saturated heterocycles. The molecular formula is C15H23FO. The van der Waals surface area contributed by atoms with Crippen LogP contribution in [0.1, 0.15) is 57.6 Å². The van der Waals surface area contributed by atoms with Crippen molar-refractivity contribution in [3.8, 4) is 0 Å². The van der Waals surface area contributed by atoms with Crippen molar-refractivity contribution in [2.75, 3.05) is 0 Å². The van der Waals surface area contributed by atoms with Crippen LogP contribution in [0, 0.1) is 11.7 Å². The van der Waals surface area contributed by atoms with E-state index in [-0.39, 0.29) is 5.82 Å². The van der Waals surface area contributed by atoms with Crippen molar-refractivity contribution in [3.63, 3.8) is 0 Å². The zero-order chi connectivity index (χ0) is 12.7. The van der Waals surface area contributed by atoms with E-state index >= 15 is 0 Å². The lowest BCUT2D eigenvalue weighted by molar-refractivity contribution is 0.138. The Morgan fingerprint density at radius 3 is 2.65 bits per heavy atom. The van der Waals surface area contributed by atoms with E-state index in [0.29, 0.717) is 11.5 Å². The van der Waals surface area contributed by atoms with Gasteiger partial charge in [0.2, 0.25) is 0 Å². The molecule has 0 fully saturated rings. The molecule has 0 spiro atoms. The molecule has 2 heteroatoms. The number of benzene rings is 1. The van der Waals surface area contributed by atoms with Gasteiger partial charge in [-0.2, -0.15) is 0 Å². The summed E-state index contributed by atoms with van der Waals surface area (Å²) in [6, 6.07) is 6.28. The molecule has 0 amide bonds. The number of rotatable bonds is 7. The molecule has 1 aromatic carbocycles. The largest absolute Gasteiger partial charge is 0.388 e. The molecule has 0 aromatic heterocycles. The minimum atomic E-state index is -0.535. The fourth-order valence-corrected chi connectivity index (χ4v) is 2.15. The Morgan fingerprint density at radius 2 is 2.06 bits per heavy atom. The van der Waals surface area contributed by atoms with E-state index in [0.717, 1.165) is 19.3 Å². The molecular weight excluding hydrogens is 215 g/mol. The zero-order valence-corrected chi connectivity index (χ0v) is 10.8. The Balaban J connectivity index is 2.54. The second kappa shape index (κ2) is 7.44. The Kier molecular flexibility index (Phi) is 6.20. The van der Waals surface area contributed by atoms with Gasteiger partial charge < -0.3 is 5.11 Å². The molecule has 96 valence electrons. The summed E-state index contributed by atoms with van der Waals surface area (Å²) >= 11 is 0. The first-order valence-corrected chi connectivity index (χ1v) is 6.60. The smallest absolute Gasteiger partial charge is 0.123 e. The fourth-order valence-electron chi connectivity index (χ4n) is 2.15. The van der Waals surface area contributed by atoms with Crippen LogP contribution >= 0.6 is 0 Å². The van der Waals surface area contributed by atoms with E-state index in [4.69, 9.17) is 0 Å². The molecule has 0 aliphatic heterocycles. The molecule has 0 aliphatic rings. The highest BCUT2D eigenvalue weighted by molar-refractivity contribution is 5.18. The quantitative estimate of drug-likeness (QED) is 0.743. The molecule has 1 rings (SSSR count). The third kappa shape index (κ3) is 4.86. The van der Waals surface area contributed by atoms with Crippen molar-refractivity contribution in [1.82, 2.24) is 0 Å². The van der Waals surface area contributed by atoms with Crippen molar-refractivity contribution < 1.29 is 9.50 Å². The van der Waals surface area contributed by atoms with Crippen LogP contribution in [0.5, 0.6) is 0 Å². The molecule has 0 heterocycles. The summed E-state index contributed by atoms with van der Waals surface area (Å²) in [4.78, 5) is 0. The first-order chi connectivity index (χ1) is 8.17. The van der Waals surface area contributed by atoms with Gasteiger partial charge in [-0.15, -0.1) is 0 Å². The monoisotopic (exact) mass is 238 g/mol. The van der Waals surface area contributed by atoms with Crippen LogP contribution < -0.4 is 0 Å². The van der Waals surface area contributed by atoms with Gasteiger partial charge in [0.05, 0.1) is 6.10 Å². The zero-order valence-electron chi connectivity index (χ0n) is 10.8. The molecule has 0 radical (unpaired) electrons. The minimum Gasteiger partial charge on any atom is -0.388 e. The molecule has 1 N–H and O–H groups in total. The molecule has 0 saturated carbocycles. The van der Waals surface area contributed by atoms with Gasteiger partial charge in [0.25, 0.3) is 0 Å². The van der Waals surface area contributed by atoms with Crippen molar-refractivity contribution in [3.05, 3.63) is 35.6 Å². The van der Waals surface area contributed by atoms with Gasteiger partial charge in [0.15, 0.2) is 0 Å². The number of aliphatic hydroxyl groups is 1. The van der Waals surface area contributed by atoms with Gasteiger partial charge in [-0.05, 0) is 30.0 Å². The van der Waals surface area contributed by atoms with Crippen molar-refractivity contribution in [2.24, 2.45) is 5.92 Å². The van der Waals surface area contributed by atoms with E-state index in [1.165, 1.54) is 25.0 Å². The minimum absolute atomic E-state index is 0.275. The second-order valence-electron chi connectivity index (χ2n) is 4.72. The van der Waals surface area contributed by atoms with Gasteiger partial charge in [0, 0.05) is 0 Å². The second-order valence-corrected chi connectivity index (χ2v) is 4.72. The van der Waals surface area contributed by atoms with Gasteiger partial charge >= 0.3 is 0 Å². The summed E-state index contributed by atoms with van der Waals surface area (Å²) in [7, 11) is 0. The fraction of sp³-hybridized carbons (Fsp3) is 0.600. The first kappa shape index (κ1) is 14.2. The standard InChI is InChI=1S/C15H23FO/c1-3-5-7-12(4-2)10-15(17)13-8-6-9-14(16)11-13/h6,8-9,11-12,15,17H,3-5,7,10H2,1-2H3. The number of hydrogen-bond donors (Lipinski definition) is 1. The van der Waals surface area contributed by atoms with E-state index in [9.17, 15) is 9.50 Å². The van der Waals surface area contributed by atoms with Crippen molar-refractivity contribution in [1.29, 1.82) is 0 Å². The summed E-state index contributed by atoms with van der Waals surface area (Å²) < 4.78 is 13.0. The predicted octanol–water partition coefficient (Wildman–Crippen LogP) is 4.47. The number of unbranched alkanes of at least 4 members (excludes halogenated alkanes) is 1.